The lowest BCUT2D eigenvalue weighted by atomic mass is 10.1. The van der Waals surface area contributed by atoms with E-state index in [1.54, 1.807) is 0 Å². The van der Waals surface area contributed by atoms with Crippen LogP contribution in [0.1, 0.15) is 22.8 Å². The molecule has 3 N–H and O–H groups in total. The number of anilines is 3. The monoisotopic (exact) mass is 418 g/mol. The van der Waals surface area contributed by atoms with Crippen molar-refractivity contribution in [1.82, 2.24) is 4.98 Å². The Bertz CT molecular complexity index is 1190. The van der Waals surface area contributed by atoms with E-state index in [9.17, 15) is 18.0 Å². The van der Waals surface area contributed by atoms with E-state index in [-0.39, 0.29) is 17.2 Å². The highest BCUT2D eigenvalue weighted by Gasteiger charge is 2.17. The number of amides is 2. The molecule has 10 heteroatoms. The molecule has 0 saturated heterocycles. The summed E-state index contributed by atoms with van der Waals surface area (Å²) in [5.74, 6) is -0.856. The highest BCUT2D eigenvalue weighted by molar-refractivity contribution is 7.92. The number of aryl methyl sites for hydroxylation is 1. The van der Waals surface area contributed by atoms with Crippen LogP contribution in [0.3, 0.4) is 0 Å². The van der Waals surface area contributed by atoms with Gasteiger partial charge in [-0.15, -0.1) is 0 Å². The van der Waals surface area contributed by atoms with Crippen molar-refractivity contribution in [3.8, 4) is 0 Å². The fourth-order valence-corrected chi connectivity index (χ4v) is 4.09. The Morgan fingerprint density at radius 3 is 2.50 bits per heavy atom. The number of sulfonamides is 1. The molecule has 0 fully saturated rings. The van der Waals surface area contributed by atoms with Crippen LogP contribution >= 0.6 is 11.3 Å². The molecule has 1 heterocycles. The van der Waals surface area contributed by atoms with Crippen LogP contribution in [0.2, 0.25) is 0 Å². The van der Waals surface area contributed by atoms with Crippen molar-refractivity contribution in [2.24, 2.45) is 0 Å². The minimum Gasteiger partial charge on any atom is -0.326 e. The maximum Gasteiger partial charge on any atom is 0.259 e. The lowest BCUT2D eigenvalue weighted by Crippen LogP contribution is -2.18. The normalized spacial score (nSPS) is 11.2. The van der Waals surface area contributed by atoms with E-state index in [0.29, 0.717) is 10.8 Å². The van der Waals surface area contributed by atoms with Crippen LogP contribution in [0.5, 0.6) is 0 Å². The van der Waals surface area contributed by atoms with Crippen LogP contribution < -0.4 is 15.4 Å². The van der Waals surface area contributed by atoms with Gasteiger partial charge in [-0.1, -0.05) is 17.4 Å². The average Bonchev–Trinajstić information content (AvgIpc) is 2.95. The van der Waals surface area contributed by atoms with Gasteiger partial charge in [-0.2, -0.15) is 0 Å². The Balaban J connectivity index is 1.95. The molecular weight excluding hydrogens is 400 g/mol. The van der Waals surface area contributed by atoms with Crippen molar-refractivity contribution in [2.75, 3.05) is 21.6 Å². The van der Waals surface area contributed by atoms with Gasteiger partial charge in [-0.25, -0.2) is 13.4 Å². The minimum absolute atomic E-state index is 0.0621. The Kier molecular flexibility index (Phi) is 5.34. The SMILES string of the molecule is CC(=O)Nc1ccc(NS(C)(=O)=O)c(C(=O)Nc2nc3ccc(C)cc3s2)c1. The first kappa shape index (κ1) is 19.8. The number of benzene rings is 2. The Labute approximate surface area is 166 Å². The van der Waals surface area contributed by atoms with Gasteiger partial charge < -0.3 is 5.32 Å². The number of hydrogen-bond donors (Lipinski definition) is 3. The second-order valence-electron chi connectivity index (χ2n) is 6.26. The summed E-state index contributed by atoms with van der Waals surface area (Å²) in [5, 5.41) is 5.66. The third-order valence-corrected chi connectivity index (χ3v) is 5.17. The van der Waals surface area contributed by atoms with Crippen LogP contribution in [0, 0.1) is 6.92 Å². The quantitative estimate of drug-likeness (QED) is 0.588. The van der Waals surface area contributed by atoms with Crippen molar-refractivity contribution in [1.29, 1.82) is 0 Å². The van der Waals surface area contributed by atoms with Gasteiger partial charge >= 0.3 is 0 Å². The van der Waals surface area contributed by atoms with E-state index in [1.165, 1.54) is 36.5 Å². The van der Waals surface area contributed by atoms with Crippen LogP contribution in [-0.2, 0) is 14.8 Å². The lowest BCUT2D eigenvalue weighted by Gasteiger charge is -2.12. The average molecular weight is 419 g/mol. The van der Waals surface area contributed by atoms with Crippen LogP contribution in [0.4, 0.5) is 16.5 Å². The summed E-state index contributed by atoms with van der Waals surface area (Å²) >= 11 is 1.32. The number of nitrogens with zero attached hydrogens (tertiary/aromatic N) is 1. The maximum absolute atomic E-state index is 12.8. The summed E-state index contributed by atoms with van der Waals surface area (Å²) in [5.41, 5.74) is 2.37. The molecule has 8 nitrogen and oxygen atoms in total. The summed E-state index contributed by atoms with van der Waals surface area (Å²) in [4.78, 5) is 28.5. The fourth-order valence-electron chi connectivity index (χ4n) is 2.55. The molecule has 3 rings (SSSR count). The van der Waals surface area contributed by atoms with E-state index < -0.39 is 15.9 Å². The largest absolute Gasteiger partial charge is 0.326 e. The van der Waals surface area contributed by atoms with E-state index in [0.717, 1.165) is 22.0 Å². The molecule has 2 amide bonds. The van der Waals surface area contributed by atoms with Crippen molar-refractivity contribution in [3.05, 3.63) is 47.5 Å². The number of fused-ring (bicyclic) bond motifs is 1. The lowest BCUT2D eigenvalue weighted by molar-refractivity contribution is -0.114. The molecule has 0 unspecified atom stereocenters. The third-order valence-electron chi connectivity index (χ3n) is 3.64. The molecule has 0 spiro atoms. The zero-order valence-corrected chi connectivity index (χ0v) is 17.0. The fraction of sp³-hybridized carbons (Fsp3) is 0.167. The first-order valence-corrected chi connectivity index (χ1v) is 10.9. The van der Waals surface area contributed by atoms with E-state index in [1.807, 2.05) is 25.1 Å². The zero-order valence-electron chi connectivity index (χ0n) is 15.4. The molecule has 0 saturated carbocycles. The molecule has 2 aromatic carbocycles. The van der Waals surface area contributed by atoms with Gasteiger partial charge in [-0.3, -0.25) is 19.6 Å². The number of hydrogen-bond acceptors (Lipinski definition) is 6. The van der Waals surface area contributed by atoms with Crippen molar-refractivity contribution in [3.63, 3.8) is 0 Å². The van der Waals surface area contributed by atoms with Crippen LogP contribution in [-0.4, -0.2) is 31.5 Å². The number of thiazole rings is 1. The van der Waals surface area contributed by atoms with Gasteiger partial charge in [0.05, 0.1) is 27.7 Å². The summed E-state index contributed by atoms with van der Waals surface area (Å²) in [7, 11) is -3.60. The summed E-state index contributed by atoms with van der Waals surface area (Å²) in [6.07, 6.45) is 0.992. The van der Waals surface area contributed by atoms with Gasteiger partial charge in [0.1, 0.15) is 0 Å². The molecule has 3 aromatic rings. The molecule has 1 aromatic heterocycles. The predicted octanol–water partition coefficient (Wildman–Crippen LogP) is 3.19. The molecular formula is C18H18N4O4S2. The van der Waals surface area contributed by atoms with E-state index in [2.05, 4.69) is 20.3 Å². The molecule has 28 heavy (non-hydrogen) atoms. The van der Waals surface area contributed by atoms with Crippen molar-refractivity contribution in [2.45, 2.75) is 13.8 Å². The third kappa shape index (κ3) is 4.84. The maximum atomic E-state index is 12.8. The summed E-state index contributed by atoms with van der Waals surface area (Å²) in [6.45, 7) is 3.31. The number of aromatic nitrogens is 1. The van der Waals surface area contributed by atoms with Gasteiger partial charge in [0, 0.05) is 12.6 Å². The smallest absolute Gasteiger partial charge is 0.259 e. The Hall–Kier alpha value is -2.98. The highest BCUT2D eigenvalue weighted by atomic mass is 32.2. The second-order valence-corrected chi connectivity index (χ2v) is 9.04. The number of nitrogens with one attached hydrogen (secondary N) is 3. The van der Waals surface area contributed by atoms with Gasteiger partial charge in [-0.05, 0) is 42.8 Å². The molecule has 0 aliphatic carbocycles. The van der Waals surface area contributed by atoms with Crippen molar-refractivity contribution < 1.29 is 18.0 Å². The van der Waals surface area contributed by atoms with Crippen LogP contribution in [0.15, 0.2) is 36.4 Å². The van der Waals surface area contributed by atoms with Crippen molar-refractivity contribution >= 4 is 59.9 Å². The molecule has 0 bridgehead atoms. The summed E-state index contributed by atoms with van der Waals surface area (Å²) < 4.78 is 26.5. The number of rotatable bonds is 5. The highest BCUT2D eigenvalue weighted by Crippen LogP contribution is 2.28. The minimum atomic E-state index is -3.60. The summed E-state index contributed by atoms with van der Waals surface area (Å²) in [6, 6.07) is 10.1. The predicted molar refractivity (Wildman–Crippen MR) is 112 cm³/mol. The Morgan fingerprint density at radius 2 is 1.82 bits per heavy atom. The zero-order chi connectivity index (χ0) is 20.5. The molecule has 0 atom stereocenters. The first-order chi connectivity index (χ1) is 13.1. The standard InChI is InChI=1S/C18H18N4O4S2/c1-10-4-6-15-16(8-10)27-18(20-15)21-17(24)13-9-12(19-11(2)23)5-7-14(13)22-28(3,25)26/h4-9,22H,1-3H3,(H,19,23)(H,20,21,24). The van der Waals surface area contributed by atoms with Gasteiger partial charge in [0.2, 0.25) is 15.9 Å². The molecule has 146 valence electrons. The number of carbonyl (C=O) groups excluding carboxylic acids is 2. The van der Waals surface area contributed by atoms with E-state index in [4.69, 9.17) is 0 Å². The topological polar surface area (TPSA) is 117 Å². The van der Waals surface area contributed by atoms with Gasteiger partial charge in [0.15, 0.2) is 5.13 Å². The molecule has 0 radical (unpaired) electrons. The Morgan fingerprint density at radius 1 is 1.07 bits per heavy atom. The van der Waals surface area contributed by atoms with Gasteiger partial charge in [0.25, 0.3) is 5.91 Å². The first-order valence-electron chi connectivity index (χ1n) is 8.19. The molecule has 0 aliphatic heterocycles. The van der Waals surface area contributed by atoms with E-state index >= 15 is 0 Å². The van der Waals surface area contributed by atoms with Crippen LogP contribution in [0.25, 0.3) is 10.2 Å². The second kappa shape index (κ2) is 7.56. The number of carbonyl (C=O) groups is 2. The molecule has 0 aliphatic rings.